The number of carboxylic acid groups (broad SMARTS) is 1. The van der Waals surface area contributed by atoms with Gasteiger partial charge < -0.3 is 10.0 Å². The Balaban J connectivity index is 2.44. The lowest BCUT2D eigenvalue weighted by molar-refractivity contribution is -0.136. The van der Waals surface area contributed by atoms with E-state index in [0.717, 1.165) is 0 Å². The molecule has 0 atom stereocenters. The zero-order chi connectivity index (χ0) is 9.14. The standard InChI is InChI=1S/C8H11NO3/c1-9-5-4-6(8(9)12)2-3-7(10)11/h4H,2-3,5H2,1H3,(H,10,11). The SMILES string of the molecule is CN1CC=C(CCC(=O)O)C1=O. The van der Waals surface area contributed by atoms with Gasteiger partial charge in [-0.3, -0.25) is 9.59 Å². The van der Waals surface area contributed by atoms with E-state index in [1.54, 1.807) is 18.0 Å². The van der Waals surface area contributed by atoms with Gasteiger partial charge in [-0.05, 0) is 6.42 Å². The number of likely N-dealkylation sites (N-methyl/N-ethyl adjacent to an activating group) is 1. The number of nitrogens with zero attached hydrogens (tertiary/aromatic N) is 1. The van der Waals surface area contributed by atoms with E-state index in [1.165, 1.54) is 0 Å². The van der Waals surface area contributed by atoms with Crippen LogP contribution in [-0.2, 0) is 9.59 Å². The van der Waals surface area contributed by atoms with Crippen LogP contribution < -0.4 is 0 Å². The van der Waals surface area contributed by atoms with Crippen LogP contribution >= 0.6 is 0 Å². The zero-order valence-electron chi connectivity index (χ0n) is 6.91. The van der Waals surface area contributed by atoms with Crippen LogP contribution in [0.3, 0.4) is 0 Å². The van der Waals surface area contributed by atoms with E-state index >= 15 is 0 Å². The lowest BCUT2D eigenvalue weighted by atomic mass is 10.1. The number of carboxylic acids is 1. The molecule has 1 rings (SSSR count). The molecule has 0 aromatic carbocycles. The van der Waals surface area contributed by atoms with Crippen molar-refractivity contribution < 1.29 is 14.7 Å². The monoisotopic (exact) mass is 169 g/mol. The van der Waals surface area contributed by atoms with Gasteiger partial charge in [0.1, 0.15) is 0 Å². The van der Waals surface area contributed by atoms with Crippen molar-refractivity contribution in [3.63, 3.8) is 0 Å². The molecule has 1 aliphatic heterocycles. The molecule has 1 heterocycles. The van der Waals surface area contributed by atoms with Crippen LogP contribution in [0.4, 0.5) is 0 Å². The highest BCUT2D eigenvalue weighted by Crippen LogP contribution is 2.14. The Morgan fingerprint density at radius 1 is 1.75 bits per heavy atom. The van der Waals surface area contributed by atoms with Crippen LogP contribution in [0, 0.1) is 0 Å². The second kappa shape index (κ2) is 3.38. The quantitative estimate of drug-likeness (QED) is 0.658. The highest BCUT2D eigenvalue weighted by molar-refractivity contribution is 5.95. The molecular formula is C8H11NO3. The summed E-state index contributed by atoms with van der Waals surface area (Å²) in [6.07, 6.45) is 2.16. The van der Waals surface area contributed by atoms with Gasteiger partial charge in [0.15, 0.2) is 0 Å². The lowest BCUT2D eigenvalue weighted by Crippen LogP contribution is -2.21. The van der Waals surface area contributed by atoms with E-state index in [-0.39, 0.29) is 12.3 Å². The van der Waals surface area contributed by atoms with Crippen molar-refractivity contribution in [2.45, 2.75) is 12.8 Å². The molecule has 12 heavy (non-hydrogen) atoms. The number of hydrogen-bond donors (Lipinski definition) is 1. The molecule has 66 valence electrons. The molecule has 0 bridgehead atoms. The Labute approximate surface area is 70.5 Å². The molecule has 0 spiro atoms. The Bertz CT molecular complexity index is 245. The summed E-state index contributed by atoms with van der Waals surface area (Å²) in [5, 5.41) is 8.37. The number of aliphatic carboxylic acids is 1. The number of hydrogen-bond acceptors (Lipinski definition) is 2. The molecule has 0 saturated heterocycles. The van der Waals surface area contributed by atoms with Gasteiger partial charge in [0.2, 0.25) is 5.91 Å². The molecule has 0 fully saturated rings. The molecule has 0 aromatic heterocycles. The van der Waals surface area contributed by atoms with Crippen LogP contribution in [0.1, 0.15) is 12.8 Å². The van der Waals surface area contributed by atoms with Crippen molar-refractivity contribution in [1.29, 1.82) is 0 Å². The fraction of sp³-hybridized carbons (Fsp3) is 0.500. The number of amides is 1. The fourth-order valence-corrected chi connectivity index (χ4v) is 1.11. The Morgan fingerprint density at radius 3 is 2.83 bits per heavy atom. The first kappa shape index (κ1) is 8.77. The average molecular weight is 169 g/mol. The van der Waals surface area contributed by atoms with Gasteiger partial charge >= 0.3 is 5.97 Å². The first-order valence-corrected chi connectivity index (χ1v) is 3.77. The second-order valence-corrected chi connectivity index (χ2v) is 2.81. The van der Waals surface area contributed by atoms with E-state index in [1.807, 2.05) is 0 Å². The Morgan fingerprint density at radius 2 is 2.42 bits per heavy atom. The van der Waals surface area contributed by atoms with Crippen molar-refractivity contribution in [3.8, 4) is 0 Å². The van der Waals surface area contributed by atoms with Gasteiger partial charge in [-0.15, -0.1) is 0 Å². The number of carbonyl (C=O) groups excluding carboxylic acids is 1. The predicted molar refractivity (Wildman–Crippen MR) is 42.6 cm³/mol. The maximum atomic E-state index is 11.2. The summed E-state index contributed by atoms with van der Waals surface area (Å²) in [6, 6.07) is 0. The Hall–Kier alpha value is -1.32. The minimum absolute atomic E-state index is 0.0331. The van der Waals surface area contributed by atoms with Crippen LogP contribution in [0.5, 0.6) is 0 Å². The summed E-state index contributed by atoms with van der Waals surface area (Å²) in [5.41, 5.74) is 0.625. The molecule has 1 aliphatic rings. The van der Waals surface area contributed by atoms with Gasteiger partial charge in [-0.1, -0.05) is 6.08 Å². The van der Waals surface area contributed by atoms with Crippen molar-refractivity contribution in [2.24, 2.45) is 0 Å². The largest absolute Gasteiger partial charge is 0.481 e. The molecule has 0 aliphatic carbocycles. The van der Waals surface area contributed by atoms with Gasteiger partial charge in [0, 0.05) is 25.6 Å². The van der Waals surface area contributed by atoms with Crippen molar-refractivity contribution in [1.82, 2.24) is 4.90 Å². The topological polar surface area (TPSA) is 57.6 Å². The summed E-state index contributed by atoms with van der Waals surface area (Å²) < 4.78 is 0. The van der Waals surface area contributed by atoms with Crippen LogP contribution in [0.15, 0.2) is 11.6 Å². The van der Waals surface area contributed by atoms with Crippen molar-refractivity contribution in [2.75, 3.05) is 13.6 Å². The summed E-state index contributed by atoms with van der Waals surface area (Å²) in [6.45, 7) is 0.605. The molecule has 1 N–H and O–H groups in total. The molecule has 0 saturated carbocycles. The van der Waals surface area contributed by atoms with E-state index in [9.17, 15) is 9.59 Å². The highest BCUT2D eigenvalue weighted by Gasteiger charge is 2.20. The average Bonchev–Trinajstić information content (AvgIpc) is 2.30. The fourth-order valence-electron chi connectivity index (χ4n) is 1.11. The first-order valence-electron chi connectivity index (χ1n) is 3.77. The maximum Gasteiger partial charge on any atom is 0.303 e. The number of rotatable bonds is 3. The first-order chi connectivity index (χ1) is 5.61. The van der Waals surface area contributed by atoms with Crippen molar-refractivity contribution >= 4 is 11.9 Å². The smallest absolute Gasteiger partial charge is 0.303 e. The summed E-state index contributed by atoms with van der Waals surface area (Å²) >= 11 is 0. The van der Waals surface area contributed by atoms with E-state index in [2.05, 4.69) is 0 Å². The molecule has 4 heteroatoms. The number of carbonyl (C=O) groups is 2. The summed E-state index contributed by atoms with van der Waals surface area (Å²) in [7, 11) is 1.70. The van der Waals surface area contributed by atoms with Gasteiger partial charge in [0.05, 0.1) is 0 Å². The summed E-state index contributed by atoms with van der Waals surface area (Å²) in [4.78, 5) is 22.9. The summed E-state index contributed by atoms with van der Waals surface area (Å²) in [5.74, 6) is -0.908. The third-order valence-corrected chi connectivity index (χ3v) is 1.84. The molecule has 1 amide bonds. The van der Waals surface area contributed by atoms with Gasteiger partial charge in [0.25, 0.3) is 0 Å². The zero-order valence-corrected chi connectivity index (χ0v) is 6.91. The highest BCUT2D eigenvalue weighted by atomic mass is 16.4. The minimum atomic E-state index is -0.863. The van der Waals surface area contributed by atoms with E-state index < -0.39 is 5.97 Å². The normalized spacial score (nSPS) is 16.6. The third-order valence-electron chi connectivity index (χ3n) is 1.84. The lowest BCUT2D eigenvalue weighted by Gasteiger charge is -2.07. The molecule has 0 radical (unpaired) electrons. The maximum absolute atomic E-state index is 11.2. The Kier molecular flexibility index (Phi) is 2.47. The molecule has 4 nitrogen and oxygen atoms in total. The van der Waals surface area contributed by atoms with Crippen LogP contribution in [-0.4, -0.2) is 35.5 Å². The van der Waals surface area contributed by atoms with Gasteiger partial charge in [-0.2, -0.15) is 0 Å². The van der Waals surface area contributed by atoms with E-state index in [4.69, 9.17) is 5.11 Å². The molecule has 0 aromatic rings. The van der Waals surface area contributed by atoms with Crippen LogP contribution in [0.2, 0.25) is 0 Å². The van der Waals surface area contributed by atoms with Gasteiger partial charge in [-0.25, -0.2) is 0 Å². The minimum Gasteiger partial charge on any atom is -0.481 e. The van der Waals surface area contributed by atoms with E-state index in [0.29, 0.717) is 18.5 Å². The third kappa shape index (κ3) is 1.84. The van der Waals surface area contributed by atoms with Crippen LogP contribution in [0.25, 0.3) is 0 Å². The molecule has 0 unspecified atom stereocenters. The molecular weight excluding hydrogens is 158 g/mol. The second-order valence-electron chi connectivity index (χ2n) is 2.81. The van der Waals surface area contributed by atoms with Crippen molar-refractivity contribution in [3.05, 3.63) is 11.6 Å². The predicted octanol–water partition coefficient (Wildman–Crippen LogP) is 0.250.